The van der Waals surface area contributed by atoms with Gasteiger partial charge in [-0.2, -0.15) is 0 Å². The summed E-state index contributed by atoms with van der Waals surface area (Å²) < 4.78 is 0. The predicted octanol–water partition coefficient (Wildman–Crippen LogP) is 3.92. The molecule has 0 saturated carbocycles. The van der Waals surface area contributed by atoms with Crippen molar-refractivity contribution in [2.24, 2.45) is 0 Å². The highest BCUT2D eigenvalue weighted by Crippen LogP contribution is 2.40. The SMILES string of the molecule is CC1Cc2cnc3cc(Cl)ccc3c2S1. The molecular formula is C12H10ClNS. The lowest BCUT2D eigenvalue weighted by atomic mass is 10.1. The second-order valence-electron chi connectivity index (χ2n) is 3.91. The first kappa shape index (κ1) is 9.49. The van der Waals surface area contributed by atoms with Gasteiger partial charge < -0.3 is 0 Å². The Hall–Kier alpha value is -0.730. The number of benzene rings is 1. The van der Waals surface area contributed by atoms with Crippen LogP contribution in [0.5, 0.6) is 0 Å². The summed E-state index contributed by atoms with van der Waals surface area (Å²) in [5.41, 5.74) is 2.38. The Morgan fingerprint density at radius 1 is 1.47 bits per heavy atom. The highest BCUT2D eigenvalue weighted by atomic mass is 35.5. The lowest BCUT2D eigenvalue weighted by Gasteiger charge is -2.03. The molecule has 0 fully saturated rings. The van der Waals surface area contributed by atoms with Gasteiger partial charge in [-0.05, 0) is 24.1 Å². The van der Waals surface area contributed by atoms with E-state index in [0.29, 0.717) is 5.25 Å². The number of fused-ring (bicyclic) bond motifs is 3. The zero-order chi connectivity index (χ0) is 10.4. The number of thioether (sulfide) groups is 1. The monoisotopic (exact) mass is 235 g/mol. The maximum absolute atomic E-state index is 5.95. The number of pyridine rings is 1. The molecule has 1 aromatic carbocycles. The highest BCUT2D eigenvalue weighted by Gasteiger charge is 2.21. The number of rotatable bonds is 0. The third kappa shape index (κ3) is 1.52. The zero-order valence-electron chi connectivity index (χ0n) is 8.33. The van der Waals surface area contributed by atoms with Gasteiger partial charge in [0.05, 0.1) is 5.52 Å². The molecule has 15 heavy (non-hydrogen) atoms. The van der Waals surface area contributed by atoms with Gasteiger partial charge in [-0.25, -0.2) is 0 Å². The molecule has 1 aliphatic rings. The maximum atomic E-state index is 5.95. The van der Waals surface area contributed by atoms with Crippen LogP contribution in [0.4, 0.5) is 0 Å². The van der Waals surface area contributed by atoms with Crippen molar-refractivity contribution in [3.05, 3.63) is 35.0 Å². The summed E-state index contributed by atoms with van der Waals surface area (Å²) in [5, 5.41) is 2.67. The molecule has 76 valence electrons. The third-order valence-corrected chi connectivity index (χ3v) is 4.20. The quantitative estimate of drug-likeness (QED) is 0.686. The Kier molecular flexibility index (Phi) is 2.15. The van der Waals surface area contributed by atoms with E-state index in [4.69, 9.17) is 11.6 Å². The Morgan fingerprint density at radius 3 is 3.20 bits per heavy atom. The van der Waals surface area contributed by atoms with E-state index in [2.05, 4.69) is 18.0 Å². The van der Waals surface area contributed by atoms with E-state index in [0.717, 1.165) is 17.0 Å². The smallest absolute Gasteiger partial charge is 0.0728 e. The van der Waals surface area contributed by atoms with E-state index in [-0.39, 0.29) is 0 Å². The topological polar surface area (TPSA) is 12.9 Å². The highest BCUT2D eigenvalue weighted by molar-refractivity contribution is 8.00. The summed E-state index contributed by atoms with van der Waals surface area (Å²) in [6, 6.07) is 5.95. The Bertz CT molecular complexity index is 538. The molecule has 3 rings (SSSR count). The minimum Gasteiger partial charge on any atom is -0.256 e. The summed E-state index contributed by atoms with van der Waals surface area (Å²) in [7, 11) is 0. The molecule has 1 atom stereocenters. The van der Waals surface area contributed by atoms with Crippen LogP contribution in [0.3, 0.4) is 0 Å². The maximum Gasteiger partial charge on any atom is 0.0728 e. The molecular weight excluding hydrogens is 226 g/mol. The third-order valence-electron chi connectivity index (χ3n) is 2.68. The standard InChI is InChI=1S/C12H10ClNS/c1-7-4-8-6-14-11-5-9(13)2-3-10(11)12(8)15-7/h2-3,5-7H,4H2,1H3. The number of nitrogens with zero attached hydrogens (tertiary/aromatic N) is 1. The molecule has 2 heterocycles. The summed E-state index contributed by atoms with van der Waals surface area (Å²) in [5.74, 6) is 0. The number of hydrogen-bond acceptors (Lipinski definition) is 2. The molecule has 1 aliphatic heterocycles. The van der Waals surface area contributed by atoms with E-state index in [1.807, 2.05) is 30.1 Å². The summed E-state index contributed by atoms with van der Waals surface area (Å²) in [6.45, 7) is 2.26. The van der Waals surface area contributed by atoms with Gasteiger partial charge in [-0.15, -0.1) is 11.8 Å². The first-order chi connectivity index (χ1) is 7.24. The molecule has 0 bridgehead atoms. The van der Waals surface area contributed by atoms with Crippen LogP contribution in [-0.2, 0) is 6.42 Å². The van der Waals surface area contributed by atoms with Gasteiger partial charge in [-0.3, -0.25) is 4.98 Å². The minimum atomic E-state index is 0.670. The molecule has 1 unspecified atom stereocenters. The molecule has 1 aromatic heterocycles. The molecule has 1 nitrogen and oxygen atoms in total. The molecule has 3 heteroatoms. The average molecular weight is 236 g/mol. The molecule has 0 N–H and O–H groups in total. The van der Waals surface area contributed by atoms with E-state index in [1.54, 1.807) is 0 Å². The van der Waals surface area contributed by atoms with Crippen molar-refractivity contribution >= 4 is 34.3 Å². The first-order valence-corrected chi connectivity index (χ1v) is 6.23. The molecule has 0 saturated heterocycles. The van der Waals surface area contributed by atoms with E-state index in [1.165, 1.54) is 15.8 Å². The fraction of sp³-hybridized carbons (Fsp3) is 0.250. The summed E-state index contributed by atoms with van der Waals surface area (Å²) in [6.07, 6.45) is 3.12. The van der Waals surface area contributed by atoms with Gasteiger partial charge >= 0.3 is 0 Å². The van der Waals surface area contributed by atoms with Gasteiger partial charge in [0.1, 0.15) is 0 Å². The second kappa shape index (κ2) is 3.39. The van der Waals surface area contributed by atoms with E-state index >= 15 is 0 Å². The van der Waals surface area contributed by atoms with E-state index in [9.17, 15) is 0 Å². The molecule has 2 aromatic rings. The number of halogens is 1. The Balaban J connectivity index is 2.31. The van der Waals surface area contributed by atoms with Crippen LogP contribution in [0, 0.1) is 0 Å². The Labute approximate surface area is 97.8 Å². The van der Waals surface area contributed by atoms with Crippen LogP contribution in [0.2, 0.25) is 5.02 Å². The van der Waals surface area contributed by atoms with Crippen LogP contribution in [0.1, 0.15) is 12.5 Å². The molecule has 0 spiro atoms. The largest absolute Gasteiger partial charge is 0.256 e. The fourth-order valence-corrected chi connectivity index (χ4v) is 3.44. The van der Waals surface area contributed by atoms with E-state index < -0.39 is 0 Å². The van der Waals surface area contributed by atoms with Gasteiger partial charge in [0.2, 0.25) is 0 Å². The normalized spacial score (nSPS) is 19.5. The molecule has 0 aliphatic carbocycles. The van der Waals surface area contributed by atoms with Gasteiger partial charge in [0.25, 0.3) is 0 Å². The average Bonchev–Trinajstić information content (AvgIpc) is 2.58. The van der Waals surface area contributed by atoms with Crippen LogP contribution in [0.25, 0.3) is 10.9 Å². The lowest BCUT2D eigenvalue weighted by Crippen LogP contribution is -1.91. The molecule has 0 amide bonds. The van der Waals surface area contributed by atoms with Crippen LogP contribution >= 0.6 is 23.4 Å². The lowest BCUT2D eigenvalue weighted by molar-refractivity contribution is 0.954. The Morgan fingerprint density at radius 2 is 2.33 bits per heavy atom. The van der Waals surface area contributed by atoms with Crippen molar-refractivity contribution < 1.29 is 0 Å². The van der Waals surface area contributed by atoms with Crippen molar-refractivity contribution in [2.75, 3.05) is 0 Å². The van der Waals surface area contributed by atoms with Crippen molar-refractivity contribution in [2.45, 2.75) is 23.5 Å². The zero-order valence-corrected chi connectivity index (χ0v) is 9.90. The van der Waals surface area contributed by atoms with Gasteiger partial charge in [-0.1, -0.05) is 24.6 Å². The van der Waals surface area contributed by atoms with Gasteiger partial charge in [0, 0.05) is 26.8 Å². The van der Waals surface area contributed by atoms with Crippen molar-refractivity contribution in [3.63, 3.8) is 0 Å². The summed E-state index contributed by atoms with van der Waals surface area (Å²) in [4.78, 5) is 5.84. The number of hydrogen-bond donors (Lipinski definition) is 0. The number of aromatic nitrogens is 1. The first-order valence-electron chi connectivity index (χ1n) is 4.98. The van der Waals surface area contributed by atoms with Gasteiger partial charge in [0.15, 0.2) is 0 Å². The van der Waals surface area contributed by atoms with Crippen LogP contribution in [-0.4, -0.2) is 10.2 Å². The predicted molar refractivity (Wildman–Crippen MR) is 65.8 cm³/mol. The fourth-order valence-electron chi connectivity index (χ4n) is 2.02. The van der Waals surface area contributed by atoms with Crippen molar-refractivity contribution in [1.29, 1.82) is 0 Å². The minimum absolute atomic E-state index is 0.670. The molecule has 0 radical (unpaired) electrons. The van der Waals surface area contributed by atoms with Crippen LogP contribution in [0.15, 0.2) is 29.3 Å². The summed E-state index contributed by atoms with van der Waals surface area (Å²) >= 11 is 7.89. The second-order valence-corrected chi connectivity index (χ2v) is 5.79. The van der Waals surface area contributed by atoms with Crippen molar-refractivity contribution in [3.8, 4) is 0 Å². The van der Waals surface area contributed by atoms with Crippen LogP contribution < -0.4 is 0 Å². The van der Waals surface area contributed by atoms with Crippen molar-refractivity contribution in [1.82, 2.24) is 4.98 Å².